The van der Waals surface area contributed by atoms with Crippen LogP contribution < -0.4 is 15.8 Å². The first-order valence-electron chi connectivity index (χ1n) is 6.05. The molecule has 0 bridgehead atoms. The van der Waals surface area contributed by atoms with Crippen molar-refractivity contribution in [2.75, 3.05) is 11.1 Å². The molecule has 0 saturated heterocycles. The number of hydrogen-bond donors (Lipinski definition) is 2. The fourth-order valence-corrected chi connectivity index (χ4v) is 1.79. The van der Waals surface area contributed by atoms with E-state index in [1.165, 1.54) is 24.3 Å². The maximum Gasteiger partial charge on any atom is 0.387 e. The van der Waals surface area contributed by atoms with Crippen LogP contribution in [0.5, 0.6) is 5.75 Å². The van der Waals surface area contributed by atoms with Crippen LogP contribution in [0.4, 0.5) is 20.3 Å². The van der Waals surface area contributed by atoms with Crippen molar-refractivity contribution in [3.8, 4) is 5.75 Å². The van der Waals surface area contributed by atoms with Crippen molar-refractivity contribution >= 4 is 17.4 Å². The maximum atomic E-state index is 12.3. The van der Waals surface area contributed by atoms with Gasteiger partial charge in [-0.05, 0) is 31.2 Å². The number of hydrogen-bond acceptors (Lipinski definition) is 4. The zero-order valence-electron chi connectivity index (χ0n) is 11.1. The van der Waals surface area contributed by atoms with E-state index in [1.807, 2.05) is 0 Å². The molecule has 1 amide bonds. The fourth-order valence-electron chi connectivity index (χ4n) is 1.79. The summed E-state index contributed by atoms with van der Waals surface area (Å²) in [5, 5.41) is 2.51. The van der Waals surface area contributed by atoms with Gasteiger partial charge in [-0.3, -0.25) is 4.79 Å². The molecule has 7 heteroatoms. The largest absolute Gasteiger partial charge is 0.433 e. The molecule has 1 aromatic heterocycles. The first-order valence-corrected chi connectivity index (χ1v) is 6.05. The Kier molecular flexibility index (Phi) is 4.32. The smallest absolute Gasteiger partial charge is 0.387 e. The molecule has 0 fully saturated rings. The standard InChI is InChI=1S/C14H13F2N3O2/c1-8-6-9(7-12(17)18-8)13(20)19-10-4-2-3-5-11(10)21-14(15)16/h2-7,14H,1H3,(H2,17,18)(H,19,20). The average Bonchev–Trinajstić information content (AvgIpc) is 2.39. The highest BCUT2D eigenvalue weighted by molar-refractivity contribution is 6.05. The summed E-state index contributed by atoms with van der Waals surface area (Å²) >= 11 is 0. The van der Waals surface area contributed by atoms with Crippen LogP contribution in [0.2, 0.25) is 0 Å². The predicted octanol–water partition coefficient (Wildman–Crippen LogP) is 2.83. The van der Waals surface area contributed by atoms with Crippen LogP contribution in [-0.4, -0.2) is 17.5 Å². The summed E-state index contributed by atoms with van der Waals surface area (Å²) < 4.78 is 29.0. The number of nitrogens with one attached hydrogen (secondary N) is 1. The Labute approximate surface area is 119 Å². The number of amides is 1. The molecule has 0 aliphatic carbocycles. The van der Waals surface area contributed by atoms with Crippen LogP contribution in [-0.2, 0) is 0 Å². The van der Waals surface area contributed by atoms with E-state index in [-0.39, 0.29) is 22.8 Å². The molecule has 0 aliphatic rings. The Morgan fingerprint density at radius 3 is 2.71 bits per heavy atom. The number of nitrogens with two attached hydrogens (primary N) is 1. The molecular formula is C14H13F2N3O2. The SMILES string of the molecule is Cc1cc(C(=O)Nc2ccccc2OC(F)F)cc(N)n1. The Morgan fingerprint density at radius 2 is 2.05 bits per heavy atom. The Balaban J connectivity index is 2.23. The van der Waals surface area contributed by atoms with Crippen LogP contribution in [0.15, 0.2) is 36.4 Å². The van der Waals surface area contributed by atoms with Crippen molar-refractivity contribution < 1.29 is 18.3 Å². The molecule has 2 rings (SSSR count). The molecule has 1 aromatic carbocycles. The first kappa shape index (κ1) is 14.7. The maximum absolute atomic E-state index is 12.3. The molecule has 21 heavy (non-hydrogen) atoms. The van der Waals surface area contributed by atoms with Gasteiger partial charge in [0.2, 0.25) is 0 Å². The lowest BCUT2D eigenvalue weighted by molar-refractivity contribution is -0.0493. The Morgan fingerprint density at radius 1 is 1.33 bits per heavy atom. The number of alkyl halides is 2. The number of halogens is 2. The van der Waals surface area contributed by atoms with Crippen molar-refractivity contribution in [2.45, 2.75) is 13.5 Å². The molecule has 1 heterocycles. The van der Waals surface area contributed by atoms with Gasteiger partial charge in [0.15, 0.2) is 0 Å². The summed E-state index contributed by atoms with van der Waals surface area (Å²) in [5.41, 5.74) is 6.59. The first-order chi connectivity index (χ1) is 9.95. The quantitative estimate of drug-likeness (QED) is 0.908. The zero-order valence-corrected chi connectivity index (χ0v) is 11.1. The highest BCUT2D eigenvalue weighted by Crippen LogP contribution is 2.26. The van der Waals surface area contributed by atoms with Gasteiger partial charge in [-0.1, -0.05) is 12.1 Å². The van der Waals surface area contributed by atoms with Gasteiger partial charge in [0.25, 0.3) is 5.91 Å². The average molecular weight is 293 g/mol. The normalized spacial score (nSPS) is 10.5. The van der Waals surface area contributed by atoms with E-state index in [4.69, 9.17) is 5.73 Å². The van der Waals surface area contributed by atoms with Gasteiger partial charge in [0.1, 0.15) is 11.6 Å². The number of rotatable bonds is 4. The molecular weight excluding hydrogens is 280 g/mol. The highest BCUT2D eigenvalue weighted by Gasteiger charge is 2.13. The number of carbonyl (C=O) groups is 1. The summed E-state index contributed by atoms with van der Waals surface area (Å²) in [4.78, 5) is 16.1. The number of carbonyl (C=O) groups excluding carboxylic acids is 1. The summed E-state index contributed by atoms with van der Waals surface area (Å²) in [6.07, 6.45) is 0. The van der Waals surface area contributed by atoms with E-state index in [2.05, 4.69) is 15.0 Å². The molecule has 110 valence electrons. The molecule has 0 radical (unpaired) electrons. The summed E-state index contributed by atoms with van der Waals surface area (Å²) in [7, 11) is 0. The van der Waals surface area contributed by atoms with Crippen LogP contribution >= 0.6 is 0 Å². The molecule has 0 saturated carbocycles. The van der Waals surface area contributed by atoms with Gasteiger partial charge < -0.3 is 15.8 Å². The van der Waals surface area contributed by atoms with Gasteiger partial charge in [-0.25, -0.2) is 4.98 Å². The zero-order chi connectivity index (χ0) is 15.4. The van der Waals surface area contributed by atoms with Crippen molar-refractivity contribution in [3.05, 3.63) is 47.7 Å². The lowest BCUT2D eigenvalue weighted by Gasteiger charge is -2.12. The summed E-state index contributed by atoms with van der Waals surface area (Å²) in [6, 6.07) is 8.88. The molecule has 0 atom stereocenters. The van der Waals surface area contributed by atoms with E-state index < -0.39 is 12.5 Å². The Hall–Kier alpha value is -2.70. The molecule has 0 unspecified atom stereocenters. The molecule has 0 spiro atoms. The van der Waals surface area contributed by atoms with Gasteiger partial charge in [-0.2, -0.15) is 8.78 Å². The fraction of sp³-hybridized carbons (Fsp3) is 0.143. The predicted molar refractivity (Wildman–Crippen MR) is 74.4 cm³/mol. The second kappa shape index (κ2) is 6.17. The van der Waals surface area contributed by atoms with E-state index in [0.717, 1.165) is 0 Å². The lowest BCUT2D eigenvalue weighted by atomic mass is 10.2. The van der Waals surface area contributed by atoms with Crippen molar-refractivity contribution in [1.29, 1.82) is 0 Å². The molecule has 2 aromatic rings. The minimum absolute atomic E-state index is 0.111. The van der Waals surface area contributed by atoms with Gasteiger partial charge in [-0.15, -0.1) is 0 Å². The number of nitrogens with zero attached hydrogens (tertiary/aromatic N) is 1. The van der Waals surface area contributed by atoms with Crippen molar-refractivity contribution in [3.63, 3.8) is 0 Å². The summed E-state index contributed by atoms with van der Waals surface area (Å²) in [5.74, 6) is -0.394. The van der Waals surface area contributed by atoms with E-state index in [1.54, 1.807) is 19.1 Å². The second-order valence-electron chi connectivity index (χ2n) is 4.25. The summed E-state index contributed by atoms with van der Waals surface area (Å²) in [6.45, 7) is -1.28. The third-order valence-corrected chi connectivity index (χ3v) is 2.59. The number of aryl methyl sites for hydroxylation is 1. The Bertz CT molecular complexity index is 642. The van der Waals surface area contributed by atoms with Crippen LogP contribution in [0, 0.1) is 6.92 Å². The van der Waals surface area contributed by atoms with Gasteiger partial charge in [0.05, 0.1) is 5.69 Å². The second-order valence-corrected chi connectivity index (χ2v) is 4.25. The van der Waals surface area contributed by atoms with Crippen molar-refractivity contribution in [1.82, 2.24) is 4.98 Å². The van der Waals surface area contributed by atoms with Crippen LogP contribution in [0.25, 0.3) is 0 Å². The molecule has 0 aliphatic heterocycles. The topological polar surface area (TPSA) is 77.2 Å². The molecule has 3 N–H and O–H groups in total. The van der Waals surface area contributed by atoms with E-state index in [0.29, 0.717) is 5.69 Å². The monoisotopic (exact) mass is 293 g/mol. The number of nitrogen functional groups attached to an aromatic ring is 1. The molecule has 5 nitrogen and oxygen atoms in total. The van der Waals surface area contributed by atoms with Gasteiger partial charge >= 0.3 is 6.61 Å². The van der Waals surface area contributed by atoms with Crippen LogP contribution in [0.1, 0.15) is 16.1 Å². The number of aromatic nitrogens is 1. The number of pyridine rings is 1. The number of ether oxygens (including phenoxy) is 1. The van der Waals surface area contributed by atoms with Gasteiger partial charge in [0, 0.05) is 11.3 Å². The highest BCUT2D eigenvalue weighted by atomic mass is 19.3. The van der Waals surface area contributed by atoms with Crippen LogP contribution in [0.3, 0.4) is 0 Å². The number of para-hydroxylation sites is 2. The number of anilines is 2. The third kappa shape index (κ3) is 3.88. The number of benzene rings is 1. The minimum atomic E-state index is -2.97. The lowest BCUT2D eigenvalue weighted by Crippen LogP contribution is -2.14. The van der Waals surface area contributed by atoms with Crippen molar-refractivity contribution in [2.24, 2.45) is 0 Å². The third-order valence-electron chi connectivity index (χ3n) is 2.59. The van der Waals surface area contributed by atoms with E-state index >= 15 is 0 Å². The van der Waals surface area contributed by atoms with E-state index in [9.17, 15) is 13.6 Å². The minimum Gasteiger partial charge on any atom is -0.433 e.